The lowest BCUT2D eigenvalue weighted by Crippen LogP contribution is -2.24. The van der Waals surface area contributed by atoms with Crippen molar-refractivity contribution in [3.05, 3.63) is 24.0 Å². The molecule has 0 spiro atoms. The van der Waals surface area contributed by atoms with Crippen LogP contribution in [0.2, 0.25) is 19.6 Å². The van der Waals surface area contributed by atoms with E-state index in [2.05, 4.69) is 26.2 Å². The van der Waals surface area contributed by atoms with Gasteiger partial charge in [-0.3, -0.25) is 0 Å². The first kappa shape index (κ1) is 10.5. The van der Waals surface area contributed by atoms with E-state index < -0.39 is 8.32 Å². The minimum atomic E-state index is -1.40. The molecule has 0 amide bonds. The molecule has 0 aliphatic carbocycles. The Balaban J connectivity index is 4.07. The third kappa shape index (κ3) is 7.39. The molecule has 0 aliphatic heterocycles. The fraction of sp³-hybridized carbons (Fsp3) is 0.556. The highest BCUT2D eigenvalue weighted by Crippen LogP contribution is 2.10. The molecule has 2 heteroatoms. The van der Waals surface area contributed by atoms with E-state index in [1.54, 1.807) is 0 Å². The maximum absolute atomic E-state index is 5.69. The third-order valence-electron chi connectivity index (χ3n) is 0.917. The van der Waals surface area contributed by atoms with Crippen molar-refractivity contribution in [1.29, 1.82) is 0 Å². The van der Waals surface area contributed by atoms with Gasteiger partial charge >= 0.3 is 0 Å². The van der Waals surface area contributed by atoms with E-state index in [-0.39, 0.29) is 0 Å². The molecular formula is C9H18OSi. The van der Waals surface area contributed by atoms with E-state index in [4.69, 9.17) is 4.43 Å². The SMILES string of the molecule is C=C(C)/C=C(/C)O[Si](C)(C)C. The van der Waals surface area contributed by atoms with Crippen LogP contribution in [0.15, 0.2) is 24.0 Å². The van der Waals surface area contributed by atoms with E-state index in [0.29, 0.717) is 0 Å². The molecule has 0 atom stereocenters. The van der Waals surface area contributed by atoms with Gasteiger partial charge in [-0.2, -0.15) is 0 Å². The Kier molecular flexibility index (Phi) is 3.59. The van der Waals surface area contributed by atoms with Crippen LogP contribution in [0.1, 0.15) is 13.8 Å². The van der Waals surface area contributed by atoms with E-state index >= 15 is 0 Å². The monoisotopic (exact) mass is 170 g/mol. The van der Waals surface area contributed by atoms with Gasteiger partial charge in [0.05, 0.1) is 5.76 Å². The quantitative estimate of drug-likeness (QED) is 0.359. The predicted molar refractivity (Wildman–Crippen MR) is 53.0 cm³/mol. The summed E-state index contributed by atoms with van der Waals surface area (Å²) in [7, 11) is -1.40. The summed E-state index contributed by atoms with van der Waals surface area (Å²) in [6.07, 6.45) is 1.97. The first-order valence-corrected chi connectivity index (χ1v) is 7.25. The maximum Gasteiger partial charge on any atom is 0.241 e. The summed E-state index contributed by atoms with van der Waals surface area (Å²) in [5, 5.41) is 0. The van der Waals surface area contributed by atoms with Crippen LogP contribution in [0.25, 0.3) is 0 Å². The Hall–Kier alpha value is -0.503. The van der Waals surface area contributed by atoms with Gasteiger partial charge in [-0.15, -0.1) is 0 Å². The van der Waals surface area contributed by atoms with Crippen molar-refractivity contribution >= 4 is 8.32 Å². The van der Waals surface area contributed by atoms with Crippen LogP contribution in [-0.4, -0.2) is 8.32 Å². The van der Waals surface area contributed by atoms with Gasteiger partial charge in [0.15, 0.2) is 0 Å². The second-order valence-corrected chi connectivity index (χ2v) is 8.24. The zero-order chi connectivity index (χ0) is 9.07. The number of allylic oxidation sites excluding steroid dienone is 3. The summed E-state index contributed by atoms with van der Waals surface area (Å²) in [6, 6.07) is 0. The largest absolute Gasteiger partial charge is 0.548 e. The van der Waals surface area contributed by atoms with E-state index in [1.165, 1.54) is 0 Å². The van der Waals surface area contributed by atoms with Gasteiger partial charge in [-0.1, -0.05) is 12.2 Å². The van der Waals surface area contributed by atoms with Crippen molar-refractivity contribution in [2.45, 2.75) is 33.5 Å². The molecule has 0 bridgehead atoms. The first-order valence-electron chi connectivity index (χ1n) is 3.84. The molecular weight excluding hydrogens is 152 g/mol. The third-order valence-corrected chi connectivity index (χ3v) is 1.85. The Labute approximate surface area is 70.9 Å². The summed E-state index contributed by atoms with van der Waals surface area (Å²) in [5.74, 6) is 0.983. The second kappa shape index (κ2) is 3.76. The molecule has 0 heterocycles. The van der Waals surface area contributed by atoms with Crippen LogP contribution in [0, 0.1) is 0 Å². The van der Waals surface area contributed by atoms with Crippen LogP contribution in [-0.2, 0) is 4.43 Å². The van der Waals surface area contributed by atoms with Crippen molar-refractivity contribution in [2.24, 2.45) is 0 Å². The zero-order valence-corrected chi connectivity index (χ0v) is 9.19. The smallest absolute Gasteiger partial charge is 0.241 e. The number of hydrogen-bond donors (Lipinski definition) is 0. The van der Waals surface area contributed by atoms with Crippen molar-refractivity contribution in [2.75, 3.05) is 0 Å². The van der Waals surface area contributed by atoms with Gasteiger partial charge < -0.3 is 4.43 Å². The van der Waals surface area contributed by atoms with Crippen LogP contribution < -0.4 is 0 Å². The van der Waals surface area contributed by atoms with E-state index in [1.807, 2.05) is 19.9 Å². The van der Waals surface area contributed by atoms with Crippen LogP contribution in [0.5, 0.6) is 0 Å². The molecule has 1 nitrogen and oxygen atoms in total. The standard InChI is InChI=1S/C9H18OSi/c1-8(2)7-9(3)10-11(4,5)6/h7H,1H2,2-6H3/b9-7-. The molecule has 0 unspecified atom stereocenters. The van der Waals surface area contributed by atoms with Crippen molar-refractivity contribution in [3.63, 3.8) is 0 Å². The van der Waals surface area contributed by atoms with Gasteiger partial charge in [0, 0.05) is 0 Å². The van der Waals surface area contributed by atoms with Crippen molar-refractivity contribution in [3.8, 4) is 0 Å². The van der Waals surface area contributed by atoms with E-state index in [0.717, 1.165) is 11.3 Å². The lowest BCUT2D eigenvalue weighted by Gasteiger charge is -2.19. The fourth-order valence-electron chi connectivity index (χ4n) is 0.859. The average molecular weight is 170 g/mol. The summed E-state index contributed by atoms with van der Waals surface area (Å²) < 4.78 is 5.69. The first-order chi connectivity index (χ1) is 4.81. The Morgan fingerprint density at radius 2 is 1.73 bits per heavy atom. The van der Waals surface area contributed by atoms with Crippen molar-refractivity contribution in [1.82, 2.24) is 0 Å². The zero-order valence-electron chi connectivity index (χ0n) is 8.19. The van der Waals surface area contributed by atoms with Crippen LogP contribution >= 0.6 is 0 Å². The molecule has 0 radical (unpaired) electrons. The molecule has 0 saturated carbocycles. The Bertz CT molecular complexity index is 174. The molecule has 0 saturated heterocycles. The molecule has 0 N–H and O–H groups in total. The predicted octanol–water partition coefficient (Wildman–Crippen LogP) is 3.32. The minimum absolute atomic E-state index is 0.983. The summed E-state index contributed by atoms with van der Waals surface area (Å²) in [5.41, 5.74) is 1.04. The normalized spacial score (nSPS) is 13.0. The highest BCUT2D eigenvalue weighted by atomic mass is 28.4. The molecule has 0 rings (SSSR count). The van der Waals surface area contributed by atoms with Gasteiger partial charge in [0.1, 0.15) is 0 Å². The summed E-state index contributed by atoms with van der Waals surface area (Å²) >= 11 is 0. The van der Waals surface area contributed by atoms with Gasteiger partial charge in [0.2, 0.25) is 8.32 Å². The highest BCUT2D eigenvalue weighted by molar-refractivity contribution is 6.70. The fourth-order valence-corrected chi connectivity index (χ4v) is 1.88. The molecule has 0 aromatic heterocycles. The molecule has 0 aromatic rings. The Morgan fingerprint density at radius 3 is 2.00 bits per heavy atom. The van der Waals surface area contributed by atoms with Crippen LogP contribution in [0.4, 0.5) is 0 Å². The van der Waals surface area contributed by atoms with Gasteiger partial charge in [-0.05, 0) is 39.6 Å². The molecule has 11 heavy (non-hydrogen) atoms. The molecule has 0 aliphatic rings. The Morgan fingerprint density at radius 1 is 1.27 bits per heavy atom. The van der Waals surface area contributed by atoms with Crippen LogP contribution in [0.3, 0.4) is 0 Å². The summed E-state index contributed by atoms with van der Waals surface area (Å²) in [4.78, 5) is 0. The minimum Gasteiger partial charge on any atom is -0.548 e. The highest BCUT2D eigenvalue weighted by Gasteiger charge is 2.15. The molecule has 64 valence electrons. The molecule has 0 aromatic carbocycles. The topological polar surface area (TPSA) is 9.23 Å². The lowest BCUT2D eigenvalue weighted by molar-refractivity contribution is 0.424. The second-order valence-electron chi connectivity index (χ2n) is 3.82. The van der Waals surface area contributed by atoms with Gasteiger partial charge in [0.25, 0.3) is 0 Å². The average Bonchev–Trinajstić information content (AvgIpc) is 1.53. The maximum atomic E-state index is 5.69. The van der Waals surface area contributed by atoms with Gasteiger partial charge in [-0.25, -0.2) is 0 Å². The number of hydrogen-bond acceptors (Lipinski definition) is 1. The van der Waals surface area contributed by atoms with E-state index in [9.17, 15) is 0 Å². The lowest BCUT2D eigenvalue weighted by atomic mass is 10.3. The molecule has 0 fully saturated rings. The van der Waals surface area contributed by atoms with Crippen molar-refractivity contribution < 1.29 is 4.43 Å². The number of rotatable bonds is 3. The summed E-state index contributed by atoms with van der Waals surface area (Å²) in [6.45, 7) is 14.2.